The number of anilines is 1. The first kappa shape index (κ1) is 68.1. The van der Waals surface area contributed by atoms with E-state index < -0.39 is 49.4 Å². The highest BCUT2D eigenvalue weighted by molar-refractivity contribution is 8.00. The minimum Gasteiger partial charge on any atom is -0.478 e. The second-order valence-corrected chi connectivity index (χ2v) is 20.4. The number of aliphatic hydroxyl groups is 2. The Hall–Kier alpha value is -5.91. The number of likely N-dealkylation sites (tertiary alicyclic amines) is 1. The molecule has 19 nitrogen and oxygen atoms in total. The number of H-pyrrole nitrogens is 1. The van der Waals surface area contributed by atoms with Crippen molar-refractivity contribution in [1.82, 2.24) is 14.5 Å². The number of carboxylic acid groups (broad SMARTS) is 1. The van der Waals surface area contributed by atoms with Gasteiger partial charge in [-0.2, -0.15) is 11.8 Å². The predicted octanol–water partition coefficient (Wildman–Crippen LogP) is 7.13. The molecule has 0 spiro atoms. The molecule has 6 atom stereocenters. The Morgan fingerprint density at radius 3 is 2.24 bits per heavy atom. The maximum Gasteiger partial charge on any atom is 0.336 e. The third kappa shape index (κ3) is 19.6. The fraction of sp³-hybridized carbons (Fsp3) is 0.509. The summed E-state index contributed by atoms with van der Waals surface area (Å²) in [6.45, 7) is 23.7. The summed E-state index contributed by atoms with van der Waals surface area (Å²) in [7, 11) is -3.81. The number of amides is 3. The van der Waals surface area contributed by atoms with Crippen LogP contribution in [0.4, 0.5) is 5.69 Å². The van der Waals surface area contributed by atoms with Gasteiger partial charge in [0.05, 0.1) is 29.7 Å². The third-order valence-electron chi connectivity index (χ3n) is 11.5. The summed E-state index contributed by atoms with van der Waals surface area (Å²) in [6.07, 6.45) is 12.0. The molecule has 2 aromatic rings. The van der Waals surface area contributed by atoms with Crippen LogP contribution in [0.1, 0.15) is 137 Å². The Balaban J connectivity index is 0.000000581. The number of rotatable bonds is 17. The van der Waals surface area contributed by atoms with Crippen LogP contribution in [0.5, 0.6) is 0 Å². The first-order valence-corrected chi connectivity index (χ1v) is 28.5. The highest BCUT2D eigenvalue weighted by Crippen LogP contribution is 2.46. The summed E-state index contributed by atoms with van der Waals surface area (Å²) < 4.78 is 30.2. The van der Waals surface area contributed by atoms with Gasteiger partial charge in [-0.15, -0.1) is 6.42 Å². The number of carbonyl (C=O) groups excluding carboxylic acids is 3. The topological polar surface area (TPSA) is 285 Å². The lowest BCUT2D eigenvalue weighted by Crippen LogP contribution is -2.33. The molecule has 4 heterocycles. The summed E-state index contributed by atoms with van der Waals surface area (Å²) in [4.78, 5) is 94.4. The van der Waals surface area contributed by atoms with Crippen molar-refractivity contribution in [3.8, 4) is 34.8 Å². The number of aromatic amines is 1. The number of hydrogen-bond acceptors (Lipinski definition) is 14. The molecule has 1 aromatic heterocycles. The highest BCUT2D eigenvalue weighted by Gasteiger charge is 2.38. The van der Waals surface area contributed by atoms with Crippen LogP contribution in [0.15, 0.2) is 61.4 Å². The van der Waals surface area contributed by atoms with Crippen LogP contribution in [0.2, 0.25) is 0 Å². The Morgan fingerprint density at radius 2 is 1.68 bits per heavy atom. The van der Waals surface area contributed by atoms with E-state index in [0.717, 1.165) is 19.3 Å². The molecule has 0 bridgehead atoms. The van der Waals surface area contributed by atoms with Crippen LogP contribution in [-0.2, 0) is 28.2 Å². The van der Waals surface area contributed by atoms with E-state index in [1.54, 1.807) is 38.1 Å². The number of aryl methyl sites for hydroxylation is 1. The van der Waals surface area contributed by atoms with Crippen molar-refractivity contribution in [1.29, 1.82) is 0 Å². The van der Waals surface area contributed by atoms with Crippen molar-refractivity contribution in [3.05, 3.63) is 95.4 Å². The first-order valence-electron chi connectivity index (χ1n) is 25.5. The number of carboxylic acids is 1. The average Bonchev–Trinajstić information content (AvgIpc) is 3.91. The number of nitrogens with zero attached hydrogens (tertiary/aromatic N) is 2. The van der Waals surface area contributed by atoms with Crippen molar-refractivity contribution in [2.24, 2.45) is 5.41 Å². The molecule has 3 amide bonds. The summed E-state index contributed by atoms with van der Waals surface area (Å²) in [5, 5.41) is 32.7. The number of aliphatic hydroxyl groups excluding tert-OH is 2. The van der Waals surface area contributed by atoms with Crippen molar-refractivity contribution < 1.29 is 57.6 Å². The number of thioether (sulfide) groups is 1. The molecule has 6 rings (SSSR count). The molecule has 76 heavy (non-hydrogen) atoms. The SMILES string of the molecule is C#CC(O)/C=c1/oc2cc(=O)ccc-2c(-c2ccc(NC=O)cc2C(=O)O)/c1=C/C.CC.CC.CC.CCCC(C)(C)CCP(=O)(O)OCC1OC(n2cc(C)c(=O)[nH]c2=O)CC1O.CCCN1C(=O)CC(SC)C1=O. The normalized spacial score (nSPS) is 18.4. The molecule has 0 saturated carbocycles. The highest BCUT2D eigenvalue weighted by atomic mass is 32.2. The lowest BCUT2D eigenvalue weighted by molar-refractivity contribution is -0.138. The minimum atomic E-state index is -3.81. The Labute approximate surface area is 449 Å². The van der Waals surface area contributed by atoms with Crippen LogP contribution >= 0.6 is 19.4 Å². The molecule has 1 aromatic carbocycles. The number of imide groups is 1. The Kier molecular flexibility index (Phi) is 29.8. The number of nitrogens with one attached hydrogen (secondary N) is 2. The minimum absolute atomic E-state index is 0.00523. The van der Waals surface area contributed by atoms with Gasteiger partial charge >= 0.3 is 19.3 Å². The van der Waals surface area contributed by atoms with E-state index >= 15 is 0 Å². The quantitative estimate of drug-likeness (QED) is 0.0265. The zero-order chi connectivity index (χ0) is 58.1. The number of terminal acetylenes is 1. The van der Waals surface area contributed by atoms with Crippen LogP contribution in [0.25, 0.3) is 34.6 Å². The second-order valence-electron chi connectivity index (χ2n) is 17.4. The van der Waals surface area contributed by atoms with Crippen LogP contribution in [-0.4, -0.2) is 108 Å². The Morgan fingerprint density at radius 1 is 1.04 bits per heavy atom. The molecule has 420 valence electrons. The molecule has 4 aliphatic rings. The van der Waals surface area contributed by atoms with Gasteiger partial charge in [0.15, 0.2) is 5.43 Å². The summed E-state index contributed by atoms with van der Waals surface area (Å²) in [5.41, 5.74) is 0.671. The molecule has 3 aliphatic heterocycles. The number of hydrogen-bond donors (Lipinski definition) is 6. The molecular formula is C55H79N4O15PS. The van der Waals surface area contributed by atoms with Gasteiger partial charge in [0.25, 0.3) is 5.56 Å². The predicted molar refractivity (Wildman–Crippen MR) is 300 cm³/mol. The van der Waals surface area contributed by atoms with Gasteiger partial charge in [0, 0.05) is 59.2 Å². The monoisotopic (exact) mass is 1100 g/mol. The van der Waals surface area contributed by atoms with Crippen molar-refractivity contribution in [2.45, 2.75) is 151 Å². The molecular weight excluding hydrogens is 1020 g/mol. The zero-order valence-electron chi connectivity index (χ0n) is 46.1. The number of aromatic nitrogens is 2. The fourth-order valence-electron chi connectivity index (χ4n) is 7.86. The van der Waals surface area contributed by atoms with Crippen molar-refractivity contribution >= 4 is 61.4 Å². The first-order chi connectivity index (χ1) is 36.0. The maximum atomic E-state index is 12.3. The molecule has 6 unspecified atom stereocenters. The maximum absolute atomic E-state index is 12.3. The van der Waals surface area contributed by atoms with E-state index in [4.69, 9.17) is 20.1 Å². The smallest absolute Gasteiger partial charge is 0.336 e. The zero-order valence-corrected chi connectivity index (χ0v) is 47.8. The lowest BCUT2D eigenvalue weighted by Gasteiger charge is -2.25. The van der Waals surface area contributed by atoms with E-state index in [2.05, 4.69) is 37.0 Å². The number of aromatic carboxylic acids is 1. The Bertz CT molecular complexity index is 2910. The van der Waals surface area contributed by atoms with Gasteiger partial charge in [0.1, 0.15) is 29.6 Å². The van der Waals surface area contributed by atoms with Crippen molar-refractivity contribution in [3.63, 3.8) is 0 Å². The largest absolute Gasteiger partial charge is 0.478 e. The second kappa shape index (κ2) is 33.3. The van der Waals surface area contributed by atoms with E-state index in [1.165, 1.54) is 51.7 Å². The van der Waals surface area contributed by atoms with Gasteiger partial charge in [-0.1, -0.05) is 93.7 Å². The summed E-state index contributed by atoms with van der Waals surface area (Å²) in [5.74, 6) is 1.15. The van der Waals surface area contributed by atoms with Crippen LogP contribution in [0.3, 0.4) is 0 Å². The van der Waals surface area contributed by atoms with Gasteiger partial charge in [-0.3, -0.25) is 43.0 Å². The van der Waals surface area contributed by atoms with Gasteiger partial charge in [-0.05, 0) is 80.7 Å². The molecule has 21 heteroatoms. The molecule has 6 N–H and O–H groups in total. The molecule has 0 radical (unpaired) electrons. The number of benzene rings is 2. The average molecular weight is 1100 g/mol. The van der Waals surface area contributed by atoms with Crippen LogP contribution in [0, 0.1) is 24.7 Å². The van der Waals surface area contributed by atoms with Gasteiger partial charge in [0.2, 0.25) is 18.2 Å². The molecule has 2 saturated heterocycles. The van der Waals surface area contributed by atoms with E-state index in [-0.39, 0.29) is 63.8 Å². The van der Waals surface area contributed by atoms with Gasteiger partial charge < -0.3 is 39.2 Å². The number of ether oxygens (including phenoxy) is 1. The number of fused-ring (bicyclic) bond motifs is 1. The standard InChI is InChI=1S/C23H17NO6.C18H31N2O7P.C8H13NO2S.3C2H6/c1-3-14(26)10-20-16(4-2)22(18-8-6-15(27)11-21(18)30-20)17-7-5-13(24-12-25)9-19(17)23(28)29;1-5-6-18(3,4)7-8-28(24,25)26-11-14-13(21)9-15(27-14)20-10-12(2)16(22)19-17(20)23;1-3-4-9-7(10)5-6(12-2)8(9)11;3*1-2/h1,4-12,14,26H,2H3,(H,24,25)(H,28,29);10,13-15,21H,5-9,11H2,1-4H3,(H,24,25)(H,19,22,23);6H,3-5H2,1-2H3;3*1-2H3/b16-4+,20-10+;;;;;. The van der Waals surface area contributed by atoms with Crippen molar-refractivity contribution in [2.75, 3.05) is 30.9 Å². The molecule has 2 fully saturated rings. The van der Waals surface area contributed by atoms with E-state index in [9.17, 15) is 58.3 Å². The summed E-state index contributed by atoms with van der Waals surface area (Å²) in [6, 6.07) is 8.64. The fourth-order valence-corrected chi connectivity index (χ4v) is 9.89. The van der Waals surface area contributed by atoms with Gasteiger partial charge in [-0.25, -0.2) is 9.59 Å². The van der Waals surface area contributed by atoms with Crippen LogP contribution < -0.4 is 32.6 Å². The lowest BCUT2D eigenvalue weighted by atomic mass is 9.85. The summed E-state index contributed by atoms with van der Waals surface area (Å²) >= 11 is 1.46. The third-order valence-corrected chi connectivity index (χ3v) is 13.8. The van der Waals surface area contributed by atoms with E-state index in [1.807, 2.05) is 54.7 Å². The molecule has 1 aliphatic carbocycles. The number of carbonyl (C=O) groups is 4. The van der Waals surface area contributed by atoms with E-state index in [0.29, 0.717) is 59.0 Å².